The van der Waals surface area contributed by atoms with E-state index in [2.05, 4.69) is 25.3 Å². The third kappa shape index (κ3) is 16.1. The van der Waals surface area contributed by atoms with Gasteiger partial charge in [-0.1, -0.05) is 129 Å². The van der Waals surface area contributed by atoms with Crippen LogP contribution in [0.4, 0.5) is 0 Å². The van der Waals surface area contributed by atoms with Gasteiger partial charge in [-0.3, -0.25) is 0 Å². The molecule has 0 aliphatic carbocycles. The van der Waals surface area contributed by atoms with E-state index < -0.39 is 0 Å². The molecule has 0 spiro atoms. The van der Waals surface area contributed by atoms with E-state index in [1.807, 2.05) is 11.3 Å². The highest BCUT2D eigenvalue weighted by Crippen LogP contribution is 2.22. The second kappa shape index (κ2) is 21.0. The minimum absolute atomic E-state index is 1.33. The van der Waals surface area contributed by atoms with E-state index in [9.17, 15) is 0 Å². The summed E-state index contributed by atoms with van der Waals surface area (Å²) in [6.07, 6.45) is 31.4. The molecule has 0 nitrogen and oxygen atoms in total. The molecule has 0 saturated carbocycles. The summed E-state index contributed by atoms with van der Waals surface area (Å²) >= 11 is 2.01. The summed E-state index contributed by atoms with van der Waals surface area (Å²) in [6, 6.07) is 2.41. The summed E-state index contributed by atoms with van der Waals surface area (Å²) in [4.78, 5) is 1.69. The van der Waals surface area contributed by atoms with E-state index in [0.717, 1.165) is 0 Å². The second-order valence-electron chi connectivity index (χ2n) is 9.23. The number of unbranched alkanes of at least 4 members (excludes halogenated alkanes) is 18. The molecule has 0 N–H and O–H groups in total. The van der Waals surface area contributed by atoms with Gasteiger partial charge in [0.1, 0.15) is 0 Å². The number of hydrogen-bond donors (Lipinski definition) is 0. The maximum absolute atomic E-state index is 2.41. The molecule has 1 rings (SSSR count). The van der Waals surface area contributed by atoms with E-state index in [1.165, 1.54) is 141 Å². The quantitative estimate of drug-likeness (QED) is 0.164. The molecule has 0 bridgehead atoms. The first-order valence-electron chi connectivity index (χ1n) is 13.4. The van der Waals surface area contributed by atoms with Gasteiger partial charge in [0.2, 0.25) is 0 Å². The Hall–Kier alpha value is -0.300. The first-order valence-corrected chi connectivity index (χ1v) is 14.3. The summed E-state index contributed by atoms with van der Waals surface area (Å²) < 4.78 is 0. The largest absolute Gasteiger partial charge is 0.149 e. The highest BCUT2D eigenvalue weighted by Gasteiger charge is 2.04. The van der Waals surface area contributed by atoms with Crippen molar-refractivity contribution in [3.8, 4) is 0 Å². The van der Waals surface area contributed by atoms with E-state index in [1.54, 1.807) is 10.4 Å². The summed E-state index contributed by atoms with van der Waals surface area (Å²) in [5.41, 5.74) is 1.67. The number of hydrogen-bond acceptors (Lipinski definition) is 1. The molecule has 1 heteroatoms. The average Bonchev–Trinajstić information content (AvgIpc) is 3.18. The van der Waals surface area contributed by atoms with Crippen molar-refractivity contribution in [2.75, 3.05) is 0 Å². The third-order valence-electron chi connectivity index (χ3n) is 6.39. The second-order valence-corrected chi connectivity index (χ2v) is 10.2. The van der Waals surface area contributed by atoms with Crippen molar-refractivity contribution in [1.82, 2.24) is 0 Å². The summed E-state index contributed by atoms with van der Waals surface area (Å²) in [5.74, 6) is 0. The normalized spacial score (nSPS) is 11.4. The molecule has 0 saturated heterocycles. The van der Waals surface area contributed by atoms with Crippen molar-refractivity contribution in [2.45, 2.75) is 155 Å². The molecule has 29 heavy (non-hydrogen) atoms. The Labute approximate surface area is 188 Å². The standard InChI is InChI=1S/C28H52S/c1-3-5-7-9-11-13-15-17-19-21-23-27-25-26-29-28(27)24-22-20-18-16-14-12-10-8-6-4-2/h25-26H,3-24H2,1-2H3. The summed E-state index contributed by atoms with van der Waals surface area (Å²) in [7, 11) is 0. The van der Waals surface area contributed by atoms with Gasteiger partial charge in [-0.15, -0.1) is 11.3 Å². The highest BCUT2D eigenvalue weighted by atomic mass is 32.1. The molecule has 0 atom stereocenters. The SMILES string of the molecule is CCCCCCCCCCCCc1ccsc1CCCCCCCCCCCC. The van der Waals surface area contributed by atoms with Gasteiger partial charge < -0.3 is 0 Å². The smallest absolute Gasteiger partial charge is 0.00772 e. The number of aryl methyl sites for hydroxylation is 2. The van der Waals surface area contributed by atoms with Gasteiger partial charge in [0.05, 0.1) is 0 Å². The van der Waals surface area contributed by atoms with Gasteiger partial charge in [0, 0.05) is 4.88 Å². The van der Waals surface area contributed by atoms with Crippen LogP contribution in [0.1, 0.15) is 153 Å². The Kier molecular flexibility index (Phi) is 19.3. The Bertz CT molecular complexity index is 395. The van der Waals surface area contributed by atoms with E-state index in [-0.39, 0.29) is 0 Å². The number of rotatable bonds is 22. The zero-order chi connectivity index (χ0) is 20.8. The fraction of sp³-hybridized carbons (Fsp3) is 0.857. The Morgan fingerprint density at radius 1 is 0.483 bits per heavy atom. The van der Waals surface area contributed by atoms with Gasteiger partial charge in [-0.2, -0.15) is 0 Å². The molecule has 0 aliphatic heterocycles. The molecular formula is C28H52S. The predicted molar refractivity (Wildman–Crippen MR) is 135 cm³/mol. The van der Waals surface area contributed by atoms with Crippen LogP contribution in [0.25, 0.3) is 0 Å². The van der Waals surface area contributed by atoms with Crippen LogP contribution in [0.15, 0.2) is 11.4 Å². The summed E-state index contributed by atoms with van der Waals surface area (Å²) in [5, 5.41) is 2.33. The molecule has 170 valence electrons. The lowest BCUT2D eigenvalue weighted by molar-refractivity contribution is 0.554. The average molecular weight is 421 g/mol. The van der Waals surface area contributed by atoms with Crippen molar-refractivity contribution in [2.24, 2.45) is 0 Å². The van der Waals surface area contributed by atoms with Crippen LogP contribution < -0.4 is 0 Å². The van der Waals surface area contributed by atoms with Crippen molar-refractivity contribution in [3.05, 3.63) is 21.9 Å². The van der Waals surface area contributed by atoms with E-state index >= 15 is 0 Å². The number of thiophene rings is 1. The van der Waals surface area contributed by atoms with Crippen LogP contribution in [-0.4, -0.2) is 0 Å². The van der Waals surface area contributed by atoms with Crippen molar-refractivity contribution < 1.29 is 0 Å². The molecule has 1 heterocycles. The Morgan fingerprint density at radius 3 is 1.31 bits per heavy atom. The molecule has 1 aromatic heterocycles. The zero-order valence-corrected chi connectivity index (χ0v) is 20.9. The molecule has 1 aromatic rings. The molecule has 0 unspecified atom stereocenters. The monoisotopic (exact) mass is 420 g/mol. The molecular weight excluding hydrogens is 368 g/mol. The lowest BCUT2D eigenvalue weighted by Gasteiger charge is -2.05. The van der Waals surface area contributed by atoms with E-state index in [0.29, 0.717) is 0 Å². The summed E-state index contributed by atoms with van der Waals surface area (Å²) in [6.45, 7) is 4.60. The van der Waals surface area contributed by atoms with Crippen LogP contribution >= 0.6 is 11.3 Å². The van der Waals surface area contributed by atoms with E-state index in [4.69, 9.17) is 0 Å². The molecule has 0 aliphatic rings. The third-order valence-corrected chi connectivity index (χ3v) is 7.42. The maximum atomic E-state index is 2.41. The van der Waals surface area contributed by atoms with Gasteiger partial charge >= 0.3 is 0 Å². The highest BCUT2D eigenvalue weighted by molar-refractivity contribution is 7.10. The van der Waals surface area contributed by atoms with Crippen molar-refractivity contribution in [3.63, 3.8) is 0 Å². The molecule has 0 fully saturated rings. The minimum atomic E-state index is 1.33. The molecule has 0 radical (unpaired) electrons. The first kappa shape index (κ1) is 26.7. The van der Waals surface area contributed by atoms with Crippen LogP contribution in [0.3, 0.4) is 0 Å². The Balaban J connectivity index is 1.93. The van der Waals surface area contributed by atoms with Gasteiger partial charge in [0.15, 0.2) is 0 Å². The first-order chi connectivity index (χ1) is 14.4. The topological polar surface area (TPSA) is 0 Å². The van der Waals surface area contributed by atoms with Crippen molar-refractivity contribution in [1.29, 1.82) is 0 Å². The van der Waals surface area contributed by atoms with Gasteiger partial charge in [0.25, 0.3) is 0 Å². The predicted octanol–water partition coefficient (Wildman–Crippen LogP) is 10.7. The van der Waals surface area contributed by atoms with Gasteiger partial charge in [-0.25, -0.2) is 0 Å². The van der Waals surface area contributed by atoms with Gasteiger partial charge in [-0.05, 0) is 42.7 Å². The molecule has 0 aromatic carbocycles. The van der Waals surface area contributed by atoms with Crippen LogP contribution in [-0.2, 0) is 12.8 Å². The fourth-order valence-corrected chi connectivity index (χ4v) is 5.37. The lowest BCUT2D eigenvalue weighted by atomic mass is 10.0. The lowest BCUT2D eigenvalue weighted by Crippen LogP contribution is -1.91. The van der Waals surface area contributed by atoms with Crippen LogP contribution in [0.5, 0.6) is 0 Å². The zero-order valence-electron chi connectivity index (χ0n) is 20.1. The maximum Gasteiger partial charge on any atom is 0.00772 e. The van der Waals surface area contributed by atoms with Crippen molar-refractivity contribution >= 4 is 11.3 Å². The minimum Gasteiger partial charge on any atom is -0.149 e. The molecule has 0 amide bonds. The van der Waals surface area contributed by atoms with Crippen LogP contribution in [0.2, 0.25) is 0 Å². The van der Waals surface area contributed by atoms with Crippen LogP contribution in [0, 0.1) is 0 Å². The fourth-order valence-electron chi connectivity index (χ4n) is 4.39. The Morgan fingerprint density at radius 2 is 0.862 bits per heavy atom.